The van der Waals surface area contributed by atoms with Gasteiger partial charge in [-0.05, 0) is 24.3 Å². The van der Waals surface area contributed by atoms with Crippen LogP contribution >= 0.6 is 11.3 Å². The van der Waals surface area contributed by atoms with E-state index in [1.54, 1.807) is 17.0 Å². The number of aromatic nitrogens is 2. The van der Waals surface area contributed by atoms with Gasteiger partial charge in [0.15, 0.2) is 0 Å². The summed E-state index contributed by atoms with van der Waals surface area (Å²) in [6.45, 7) is 0.150. The van der Waals surface area contributed by atoms with E-state index in [0.29, 0.717) is 18.8 Å². The lowest BCUT2D eigenvalue weighted by molar-refractivity contribution is -0.188. The number of piperidine rings is 1. The molecule has 0 bridgehead atoms. The number of rotatable bonds is 3. The molecule has 1 amide bonds. The Kier molecular flexibility index (Phi) is 4.43. The van der Waals surface area contributed by atoms with Crippen molar-refractivity contribution in [3.05, 3.63) is 29.9 Å². The summed E-state index contributed by atoms with van der Waals surface area (Å²) in [5.41, 5.74) is 0. The van der Waals surface area contributed by atoms with Crippen molar-refractivity contribution >= 4 is 17.2 Å². The molecule has 0 radical (unpaired) electrons. The first kappa shape index (κ1) is 16.0. The van der Waals surface area contributed by atoms with Gasteiger partial charge in [0.25, 0.3) is 0 Å². The van der Waals surface area contributed by atoms with E-state index >= 15 is 0 Å². The summed E-state index contributed by atoms with van der Waals surface area (Å²) in [6.07, 6.45) is -0.484. The van der Waals surface area contributed by atoms with E-state index in [9.17, 15) is 18.0 Å². The number of hydrogen-bond donors (Lipinski definition) is 0. The predicted octanol–water partition coefficient (Wildman–Crippen LogP) is 3.41. The standard InChI is InChI=1S/C15H16F3N3OS/c16-15(17,18)11-3-1-6-20(9-11)13(22)10-21-7-5-19-14(21)12-4-2-8-23-12/h2,4-5,7-8,11H,1,3,6,9-10H2/t11-/m1/s1. The fourth-order valence-corrected chi connectivity index (χ4v) is 3.52. The number of nitrogens with zero attached hydrogens (tertiary/aromatic N) is 3. The van der Waals surface area contributed by atoms with Crippen molar-refractivity contribution in [3.8, 4) is 10.7 Å². The molecular formula is C15H16F3N3OS. The van der Waals surface area contributed by atoms with Gasteiger partial charge in [-0.2, -0.15) is 13.2 Å². The Labute approximate surface area is 135 Å². The summed E-state index contributed by atoms with van der Waals surface area (Å²) in [5.74, 6) is -1.05. The molecule has 1 saturated heterocycles. The zero-order valence-corrected chi connectivity index (χ0v) is 13.1. The van der Waals surface area contributed by atoms with Gasteiger partial charge in [-0.1, -0.05) is 6.07 Å². The highest BCUT2D eigenvalue weighted by atomic mass is 32.1. The first-order valence-electron chi connectivity index (χ1n) is 7.34. The highest BCUT2D eigenvalue weighted by molar-refractivity contribution is 7.13. The lowest BCUT2D eigenvalue weighted by atomic mass is 9.97. The van der Waals surface area contributed by atoms with E-state index in [1.165, 1.54) is 16.2 Å². The van der Waals surface area contributed by atoms with Gasteiger partial charge in [-0.3, -0.25) is 4.79 Å². The zero-order valence-electron chi connectivity index (χ0n) is 12.3. The number of likely N-dealkylation sites (tertiary alicyclic amines) is 1. The van der Waals surface area contributed by atoms with Gasteiger partial charge in [-0.15, -0.1) is 11.3 Å². The van der Waals surface area contributed by atoms with E-state index in [4.69, 9.17) is 0 Å². The maximum atomic E-state index is 12.9. The van der Waals surface area contributed by atoms with Gasteiger partial charge in [0.2, 0.25) is 5.91 Å². The summed E-state index contributed by atoms with van der Waals surface area (Å²) in [6, 6.07) is 3.79. The zero-order chi connectivity index (χ0) is 16.4. The number of carbonyl (C=O) groups is 1. The molecule has 0 N–H and O–H groups in total. The van der Waals surface area contributed by atoms with Crippen molar-refractivity contribution in [2.75, 3.05) is 13.1 Å². The molecule has 0 unspecified atom stereocenters. The van der Waals surface area contributed by atoms with E-state index < -0.39 is 12.1 Å². The van der Waals surface area contributed by atoms with Crippen LogP contribution in [0.25, 0.3) is 10.7 Å². The third-order valence-corrected chi connectivity index (χ3v) is 4.87. The molecule has 1 fully saturated rings. The highest BCUT2D eigenvalue weighted by Crippen LogP contribution is 2.33. The molecule has 2 aromatic rings. The SMILES string of the molecule is O=C(Cn1ccnc1-c1cccs1)N1CCC[C@@H](C(F)(F)F)C1. The molecule has 124 valence electrons. The van der Waals surface area contributed by atoms with Crippen molar-refractivity contribution in [2.45, 2.75) is 25.6 Å². The number of carbonyl (C=O) groups excluding carboxylic acids is 1. The number of halogens is 3. The first-order chi connectivity index (χ1) is 10.9. The number of hydrogen-bond acceptors (Lipinski definition) is 3. The third-order valence-electron chi connectivity index (χ3n) is 4.00. The first-order valence-corrected chi connectivity index (χ1v) is 8.22. The Bertz CT molecular complexity index is 666. The Morgan fingerprint density at radius 1 is 1.43 bits per heavy atom. The van der Waals surface area contributed by atoms with Gasteiger partial charge in [-0.25, -0.2) is 4.98 Å². The molecule has 0 aromatic carbocycles. The number of amides is 1. The van der Waals surface area contributed by atoms with Crippen LogP contribution in [0.5, 0.6) is 0 Å². The lowest BCUT2D eigenvalue weighted by Crippen LogP contribution is -2.45. The number of alkyl halides is 3. The summed E-state index contributed by atoms with van der Waals surface area (Å²) in [4.78, 5) is 18.9. The number of imidazole rings is 1. The molecule has 1 atom stereocenters. The molecule has 3 rings (SSSR count). The molecule has 0 saturated carbocycles. The average molecular weight is 343 g/mol. The van der Waals surface area contributed by atoms with Gasteiger partial charge in [0.1, 0.15) is 12.4 Å². The average Bonchev–Trinajstić information content (AvgIpc) is 3.17. The van der Waals surface area contributed by atoms with Gasteiger partial charge < -0.3 is 9.47 Å². The third kappa shape index (κ3) is 3.57. The second kappa shape index (κ2) is 6.35. The van der Waals surface area contributed by atoms with Gasteiger partial charge in [0.05, 0.1) is 10.8 Å². The quantitative estimate of drug-likeness (QED) is 0.857. The van der Waals surface area contributed by atoms with Crippen LogP contribution in [0.15, 0.2) is 29.9 Å². The van der Waals surface area contributed by atoms with Crippen LogP contribution in [0.2, 0.25) is 0 Å². The minimum atomic E-state index is -4.24. The predicted molar refractivity (Wildman–Crippen MR) is 80.9 cm³/mol. The van der Waals surface area contributed by atoms with Crippen molar-refractivity contribution in [2.24, 2.45) is 5.92 Å². The molecular weight excluding hydrogens is 327 g/mol. The Hall–Kier alpha value is -1.83. The normalized spacial score (nSPS) is 19.1. The second-order valence-electron chi connectivity index (χ2n) is 5.58. The minimum Gasteiger partial charge on any atom is -0.341 e. The van der Waals surface area contributed by atoms with Crippen LogP contribution in [-0.2, 0) is 11.3 Å². The van der Waals surface area contributed by atoms with Crippen LogP contribution in [0, 0.1) is 5.92 Å². The molecule has 0 aliphatic carbocycles. The topological polar surface area (TPSA) is 38.1 Å². The summed E-state index contributed by atoms with van der Waals surface area (Å²) in [5, 5.41) is 1.91. The lowest BCUT2D eigenvalue weighted by Gasteiger charge is -2.33. The number of thiophene rings is 1. The Morgan fingerprint density at radius 2 is 2.26 bits per heavy atom. The van der Waals surface area contributed by atoms with Crippen LogP contribution in [0.1, 0.15) is 12.8 Å². The van der Waals surface area contributed by atoms with Crippen LogP contribution < -0.4 is 0 Å². The van der Waals surface area contributed by atoms with E-state index in [2.05, 4.69) is 4.98 Å². The van der Waals surface area contributed by atoms with E-state index in [1.807, 2.05) is 17.5 Å². The Morgan fingerprint density at radius 3 is 2.96 bits per heavy atom. The summed E-state index contributed by atoms with van der Waals surface area (Å²) in [7, 11) is 0. The van der Waals surface area contributed by atoms with Crippen LogP contribution in [0.3, 0.4) is 0 Å². The molecule has 1 aliphatic rings. The fourth-order valence-electron chi connectivity index (χ4n) is 2.78. The van der Waals surface area contributed by atoms with Crippen molar-refractivity contribution < 1.29 is 18.0 Å². The molecule has 3 heterocycles. The van der Waals surface area contributed by atoms with Crippen molar-refractivity contribution in [3.63, 3.8) is 0 Å². The largest absolute Gasteiger partial charge is 0.393 e. The van der Waals surface area contributed by atoms with Crippen molar-refractivity contribution in [1.82, 2.24) is 14.5 Å². The molecule has 23 heavy (non-hydrogen) atoms. The minimum absolute atomic E-state index is 0.0117. The van der Waals surface area contributed by atoms with E-state index in [0.717, 1.165) is 4.88 Å². The van der Waals surface area contributed by atoms with Gasteiger partial charge in [0, 0.05) is 25.5 Å². The molecule has 2 aromatic heterocycles. The molecule has 0 spiro atoms. The smallest absolute Gasteiger partial charge is 0.341 e. The van der Waals surface area contributed by atoms with Gasteiger partial charge >= 0.3 is 6.18 Å². The molecule has 8 heteroatoms. The van der Waals surface area contributed by atoms with Crippen LogP contribution in [-0.4, -0.2) is 39.6 Å². The maximum absolute atomic E-state index is 12.9. The van der Waals surface area contributed by atoms with Crippen molar-refractivity contribution in [1.29, 1.82) is 0 Å². The summed E-state index contributed by atoms with van der Waals surface area (Å²) >= 11 is 1.50. The Balaban J connectivity index is 1.69. The summed E-state index contributed by atoms with van der Waals surface area (Å²) < 4.78 is 40.2. The molecule has 1 aliphatic heterocycles. The second-order valence-corrected chi connectivity index (χ2v) is 6.52. The van der Waals surface area contributed by atoms with Crippen LogP contribution in [0.4, 0.5) is 13.2 Å². The fraction of sp³-hybridized carbons (Fsp3) is 0.467. The maximum Gasteiger partial charge on any atom is 0.393 e. The highest BCUT2D eigenvalue weighted by Gasteiger charge is 2.42. The monoisotopic (exact) mass is 343 g/mol. The van der Waals surface area contributed by atoms with E-state index in [-0.39, 0.29) is 25.4 Å². The molecule has 4 nitrogen and oxygen atoms in total.